The number of hydrogen-bond acceptors (Lipinski definition) is 1. The van der Waals surface area contributed by atoms with Crippen LogP contribution in [0.25, 0.3) is 33.4 Å². The molecule has 298 valence electrons. The van der Waals surface area contributed by atoms with Gasteiger partial charge in [-0.1, -0.05) is 198 Å². The van der Waals surface area contributed by atoms with Gasteiger partial charge in [0, 0.05) is 16.5 Å². The average Bonchev–Trinajstić information content (AvgIpc) is 3.88. The van der Waals surface area contributed by atoms with E-state index in [1.165, 1.54) is 116 Å². The molecule has 5 aliphatic rings. The Labute approximate surface area is 371 Å². The van der Waals surface area contributed by atoms with Gasteiger partial charge >= 0.3 is 0 Å². The summed E-state index contributed by atoms with van der Waals surface area (Å²) in [5.74, 6) is 0. The molecule has 63 heavy (non-hydrogen) atoms. The molecular formula is C61H45NSi. The van der Waals surface area contributed by atoms with Gasteiger partial charge in [-0.3, -0.25) is 0 Å². The second kappa shape index (κ2) is 11.9. The number of anilines is 3. The highest BCUT2D eigenvalue weighted by Gasteiger charge is 2.56. The van der Waals surface area contributed by atoms with E-state index >= 15 is 0 Å². The van der Waals surface area contributed by atoms with Crippen LogP contribution in [0.5, 0.6) is 0 Å². The van der Waals surface area contributed by atoms with Crippen molar-refractivity contribution in [2.45, 2.75) is 43.9 Å². The van der Waals surface area contributed by atoms with Crippen molar-refractivity contribution >= 4 is 45.9 Å². The molecule has 0 amide bonds. The number of para-hydroxylation sites is 2. The van der Waals surface area contributed by atoms with E-state index in [0.29, 0.717) is 0 Å². The molecule has 0 bridgehead atoms. The van der Waals surface area contributed by atoms with Crippen molar-refractivity contribution in [1.29, 1.82) is 0 Å². The van der Waals surface area contributed by atoms with Gasteiger partial charge in [-0.15, -0.1) is 0 Å². The molecule has 2 heteroatoms. The lowest BCUT2D eigenvalue weighted by molar-refractivity contribution is 0.552. The lowest BCUT2D eigenvalue weighted by Gasteiger charge is -2.52. The SMILES string of the molecule is CC1(C)c2ccccc2-c2cc3c(cc21)C(C)(C)c1ccccc1C31c2ccccc2N(c2ccc3c(c2)[Si]2(c4ccccc4-c4ccccc42)c2ccccc2-3)c2ccccc21. The van der Waals surface area contributed by atoms with E-state index in [-0.39, 0.29) is 10.8 Å². The van der Waals surface area contributed by atoms with Crippen LogP contribution in [0.3, 0.4) is 0 Å². The molecule has 9 aromatic carbocycles. The van der Waals surface area contributed by atoms with Gasteiger partial charge in [-0.25, -0.2) is 0 Å². The fourth-order valence-corrected chi connectivity index (χ4v) is 19.2. The van der Waals surface area contributed by atoms with E-state index in [1.807, 2.05) is 0 Å². The number of benzene rings is 9. The largest absolute Gasteiger partial charge is 0.310 e. The highest BCUT2D eigenvalue weighted by Crippen LogP contribution is 2.64. The molecule has 0 fully saturated rings. The van der Waals surface area contributed by atoms with E-state index in [0.717, 1.165) is 0 Å². The molecule has 0 aromatic heterocycles. The van der Waals surface area contributed by atoms with E-state index in [1.54, 1.807) is 0 Å². The summed E-state index contributed by atoms with van der Waals surface area (Å²) in [5, 5.41) is 6.00. The Morgan fingerprint density at radius 1 is 0.302 bits per heavy atom. The van der Waals surface area contributed by atoms with Gasteiger partial charge < -0.3 is 4.90 Å². The van der Waals surface area contributed by atoms with Gasteiger partial charge in [0.05, 0.1) is 16.8 Å². The van der Waals surface area contributed by atoms with Crippen molar-refractivity contribution in [3.8, 4) is 33.4 Å². The highest BCUT2D eigenvalue weighted by molar-refractivity contribution is 7.24. The first-order chi connectivity index (χ1) is 30.8. The molecule has 0 unspecified atom stereocenters. The zero-order valence-corrected chi connectivity index (χ0v) is 37.0. The Balaban J connectivity index is 1.07. The zero-order chi connectivity index (χ0) is 42.0. The Kier molecular flexibility index (Phi) is 6.73. The van der Waals surface area contributed by atoms with Gasteiger partial charge in [-0.05, 0) is 129 Å². The highest BCUT2D eigenvalue weighted by atomic mass is 28.3. The number of nitrogens with zero attached hydrogens (tertiary/aromatic N) is 1. The second-order valence-electron chi connectivity index (χ2n) is 19.5. The molecule has 0 saturated heterocycles. The van der Waals surface area contributed by atoms with Crippen LogP contribution in [-0.2, 0) is 16.2 Å². The summed E-state index contributed by atoms with van der Waals surface area (Å²) in [6, 6.07) is 77.7. The van der Waals surface area contributed by atoms with Crippen LogP contribution in [0.2, 0.25) is 0 Å². The summed E-state index contributed by atoms with van der Waals surface area (Å²) < 4.78 is 0. The van der Waals surface area contributed by atoms with Crippen LogP contribution >= 0.6 is 0 Å². The number of hydrogen-bond donors (Lipinski definition) is 0. The van der Waals surface area contributed by atoms with Crippen molar-refractivity contribution in [2.75, 3.05) is 4.90 Å². The van der Waals surface area contributed by atoms with Crippen molar-refractivity contribution in [2.24, 2.45) is 0 Å². The Bertz CT molecular complexity index is 3380. The lowest BCUT2D eigenvalue weighted by Crippen LogP contribution is -2.70. The van der Waals surface area contributed by atoms with Crippen molar-refractivity contribution in [3.05, 3.63) is 245 Å². The summed E-state index contributed by atoms with van der Waals surface area (Å²) in [7, 11) is -2.66. The zero-order valence-electron chi connectivity index (χ0n) is 36.0. The van der Waals surface area contributed by atoms with Crippen LogP contribution in [0.4, 0.5) is 17.1 Å². The van der Waals surface area contributed by atoms with E-state index < -0.39 is 13.5 Å². The lowest BCUT2D eigenvalue weighted by atomic mass is 9.52. The Hall–Kier alpha value is -7.00. The Morgan fingerprint density at radius 2 is 0.746 bits per heavy atom. The molecule has 1 nitrogen and oxygen atoms in total. The first-order valence-corrected chi connectivity index (χ1v) is 24.6. The average molecular weight is 820 g/mol. The Morgan fingerprint density at radius 3 is 1.33 bits per heavy atom. The van der Waals surface area contributed by atoms with Gasteiger partial charge in [0.15, 0.2) is 8.07 Å². The van der Waals surface area contributed by atoms with Crippen LogP contribution < -0.4 is 25.6 Å². The number of rotatable bonds is 1. The molecule has 0 atom stereocenters. The molecule has 2 aliphatic carbocycles. The summed E-state index contributed by atoms with van der Waals surface area (Å²) in [6.45, 7) is 9.73. The second-order valence-corrected chi connectivity index (χ2v) is 23.2. The third kappa shape index (κ3) is 4.06. The fourth-order valence-electron chi connectivity index (χ4n) is 13.5. The van der Waals surface area contributed by atoms with E-state index in [9.17, 15) is 0 Å². The normalized spacial score (nSPS) is 17.0. The molecule has 0 saturated carbocycles. The third-order valence-corrected chi connectivity index (χ3v) is 21.1. The summed E-state index contributed by atoms with van der Waals surface area (Å²) >= 11 is 0. The minimum atomic E-state index is -2.66. The standard InChI is InChI=1S/C61H45NSi/c1-59(2)45-23-9-5-19-39(45)44-36-52-51(37-50(44)59)60(3,4)46-24-10-11-25-47(46)61(52)48-26-12-14-28-53(48)62(54-29-15-13-27-49(54)61)38-33-34-43-42-22-8-18-32-57(42)63(58(43)35-38)55-30-16-6-20-40(55)41-21-7-17-31-56(41)63/h5-37H,1-4H3. The first kappa shape index (κ1) is 35.6. The number of fused-ring (bicyclic) bond motifs is 21. The van der Waals surface area contributed by atoms with Crippen LogP contribution in [0.15, 0.2) is 200 Å². The molecule has 3 aliphatic heterocycles. The predicted molar refractivity (Wildman–Crippen MR) is 264 cm³/mol. The maximum atomic E-state index is 2.62. The molecule has 0 N–H and O–H groups in total. The minimum absolute atomic E-state index is 0.103. The smallest absolute Gasteiger partial charge is 0.182 e. The summed E-state index contributed by atoms with van der Waals surface area (Å²) in [4.78, 5) is 2.60. The summed E-state index contributed by atoms with van der Waals surface area (Å²) in [5.41, 5.74) is 22.1. The van der Waals surface area contributed by atoms with Gasteiger partial charge in [0.2, 0.25) is 0 Å². The van der Waals surface area contributed by atoms with Crippen LogP contribution in [-0.4, -0.2) is 8.07 Å². The molecule has 2 spiro atoms. The monoisotopic (exact) mass is 819 g/mol. The van der Waals surface area contributed by atoms with E-state index in [4.69, 9.17) is 0 Å². The fraction of sp³-hybridized carbons (Fsp3) is 0.115. The van der Waals surface area contributed by atoms with Crippen LogP contribution in [0.1, 0.15) is 72.2 Å². The van der Waals surface area contributed by atoms with Gasteiger partial charge in [0.1, 0.15) is 0 Å². The molecule has 3 heterocycles. The molecule has 14 rings (SSSR count). The van der Waals surface area contributed by atoms with Gasteiger partial charge in [-0.2, -0.15) is 0 Å². The quantitative estimate of drug-likeness (QED) is 0.149. The predicted octanol–water partition coefficient (Wildman–Crippen LogP) is 12.1. The topological polar surface area (TPSA) is 3.24 Å². The maximum Gasteiger partial charge on any atom is 0.182 e. The van der Waals surface area contributed by atoms with Crippen molar-refractivity contribution in [3.63, 3.8) is 0 Å². The molecular weight excluding hydrogens is 775 g/mol. The maximum absolute atomic E-state index is 2.66. The van der Waals surface area contributed by atoms with Gasteiger partial charge in [0.25, 0.3) is 0 Å². The van der Waals surface area contributed by atoms with Crippen molar-refractivity contribution < 1.29 is 0 Å². The molecule has 0 radical (unpaired) electrons. The third-order valence-electron chi connectivity index (χ3n) is 16.1. The van der Waals surface area contributed by atoms with Crippen LogP contribution in [0, 0.1) is 0 Å². The first-order valence-electron chi connectivity index (χ1n) is 22.6. The molecule has 9 aromatic rings. The minimum Gasteiger partial charge on any atom is -0.310 e. The van der Waals surface area contributed by atoms with Crippen molar-refractivity contribution in [1.82, 2.24) is 0 Å². The van der Waals surface area contributed by atoms with E-state index in [2.05, 4.69) is 233 Å². The summed E-state index contributed by atoms with van der Waals surface area (Å²) in [6.07, 6.45) is 0.